The monoisotopic (exact) mass is 387 g/mol. The minimum atomic E-state index is 0.108. The fraction of sp³-hybridized carbons (Fsp3) is 0.667. The maximum atomic E-state index is 5.80. The number of benzene rings is 1. The predicted octanol–water partition coefficient (Wildman–Crippen LogP) is 4.54. The van der Waals surface area contributed by atoms with Crippen LogP contribution in [0.2, 0.25) is 0 Å². The quantitative estimate of drug-likeness (QED) is 0.534. The summed E-state index contributed by atoms with van der Waals surface area (Å²) >= 11 is 3.57. The third-order valence-corrected chi connectivity index (χ3v) is 3.85. The number of hydrogen-bond acceptors (Lipinski definition) is 4. The Balaban J connectivity index is 2.41. The highest BCUT2D eigenvalue weighted by atomic mass is 79.9. The normalized spacial score (nSPS) is 11.0. The van der Waals surface area contributed by atoms with E-state index in [2.05, 4.69) is 34.2 Å². The van der Waals surface area contributed by atoms with E-state index in [-0.39, 0.29) is 6.10 Å². The van der Waals surface area contributed by atoms with Crippen molar-refractivity contribution in [2.45, 2.75) is 52.7 Å². The first-order valence-corrected chi connectivity index (χ1v) is 9.19. The van der Waals surface area contributed by atoms with E-state index in [0.29, 0.717) is 0 Å². The minimum Gasteiger partial charge on any atom is -0.493 e. The maximum Gasteiger partial charge on any atom is 0.175 e. The highest BCUT2D eigenvalue weighted by molar-refractivity contribution is 9.10. The second-order valence-corrected chi connectivity index (χ2v) is 6.63. The van der Waals surface area contributed by atoms with Crippen molar-refractivity contribution in [3.63, 3.8) is 0 Å². The largest absolute Gasteiger partial charge is 0.493 e. The predicted molar refractivity (Wildman–Crippen MR) is 98.5 cm³/mol. The molecule has 1 aromatic carbocycles. The SMILES string of the molecule is CCCCOCCCNCc1cc(Br)c(OC(C)C)c(OC)c1. The fourth-order valence-electron chi connectivity index (χ4n) is 2.11. The molecule has 0 atom stereocenters. The van der Waals surface area contributed by atoms with Gasteiger partial charge in [-0.3, -0.25) is 0 Å². The van der Waals surface area contributed by atoms with Crippen LogP contribution in [0.1, 0.15) is 45.6 Å². The molecule has 132 valence electrons. The van der Waals surface area contributed by atoms with Crippen molar-refractivity contribution in [1.82, 2.24) is 5.32 Å². The van der Waals surface area contributed by atoms with E-state index in [0.717, 1.165) is 60.7 Å². The van der Waals surface area contributed by atoms with E-state index in [1.54, 1.807) is 7.11 Å². The molecule has 0 aliphatic rings. The van der Waals surface area contributed by atoms with Gasteiger partial charge in [0.25, 0.3) is 0 Å². The topological polar surface area (TPSA) is 39.7 Å². The van der Waals surface area contributed by atoms with Crippen LogP contribution in [0.15, 0.2) is 16.6 Å². The van der Waals surface area contributed by atoms with Crippen LogP contribution in [0.5, 0.6) is 11.5 Å². The number of rotatable bonds is 12. The molecule has 1 N–H and O–H groups in total. The standard InChI is InChI=1S/C18H30BrNO3/c1-5-6-9-22-10-7-8-20-13-15-11-16(19)18(23-14(2)3)17(12-15)21-4/h11-12,14,20H,5-10,13H2,1-4H3. The summed E-state index contributed by atoms with van der Waals surface area (Å²) in [5, 5.41) is 3.43. The molecule has 0 aromatic heterocycles. The lowest BCUT2D eigenvalue weighted by Crippen LogP contribution is -2.17. The van der Waals surface area contributed by atoms with E-state index < -0.39 is 0 Å². The summed E-state index contributed by atoms with van der Waals surface area (Å²) in [6, 6.07) is 4.10. The van der Waals surface area contributed by atoms with Crippen LogP contribution in [0.3, 0.4) is 0 Å². The Kier molecular flexibility index (Phi) is 10.3. The van der Waals surface area contributed by atoms with Gasteiger partial charge in [0.05, 0.1) is 17.7 Å². The molecule has 0 radical (unpaired) electrons. The molecule has 0 aliphatic heterocycles. The van der Waals surface area contributed by atoms with Crippen molar-refractivity contribution in [2.24, 2.45) is 0 Å². The average molecular weight is 388 g/mol. The summed E-state index contributed by atoms with van der Waals surface area (Å²) < 4.78 is 17.7. The van der Waals surface area contributed by atoms with E-state index in [4.69, 9.17) is 14.2 Å². The van der Waals surface area contributed by atoms with E-state index in [1.165, 1.54) is 6.42 Å². The van der Waals surface area contributed by atoms with Crippen LogP contribution < -0.4 is 14.8 Å². The summed E-state index contributed by atoms with van der Waals surface area (Å²) in [7, 11) is 1.67. The summed E-state index contributed by atoms with van der Waals surface area (Å²) in [5.41, 5.74) is 1.16. The third-order valence-electron chi connectivity index (χ3n) is 3.26. The molecule has 1 aromatic rings. The van der Waals surface area contributed by atoms with Crippen molar-refractivity contribution in [3.05, 3.63) is 22.2 Å². The molecule has 1 rings (SSSR count). The van der Waals surface area contributed by atoms with Gasteiger partial charge in [-0.15, -0.1) is 0 Å². The molecule has 5 heteroatoms. The highest BCUT2D eigenvalue weighted by Crippen LogP contribution is 2.37. The molecule has 0 heterocycles. The first-order chi connectivity index (χ1) is 11.1. The molecule has 0 aliphatic carbocycles. The van der Waals surface area contributed by atoms with Gasteiger partial charge in [-0.1, -0.05) is 13.3 Å². The Morgan fingerprint density at radius 1 is 1.17 bits per heavy atom. The van der Waals surface area contributed by atoms with E-state index in [9.17, 15) is 0 Å². The molecular weight excluding hydrogens is 358 g/mol. The molecule has 0 fully saturated rings. The average Bonchev–Trinajstić information content (AvgIpc) is 2.51. The van der Waals surface area contributed by atoms with Gasteiger partial charge in [0.1, 0.15) is 0 Å². The Labute approximate surface area is 149 Å². The summed E-state index contributed by atoms with van der Waals surface area (Å²) in [4.78, 5) is 0. The van der Waals surface area contributed by atoms with Gasteiger partial charge in [0, 0.05) is 19.8 Å². The summed E-state index contributed by atoms with van der Waals surface area (Å²) in [5.74, 6) is 1.52. The van der Waals surface area contributed by atoms with Crippen molar-refractivity contribution >= 4 is 15.9 Å². The highest BCUT2D eigenvalue weighted by Gasteiger charge is 2.12. The number of ether oxygens (including phenoxy) is 3. The molecule has 0 unspecified atom stereocenters. The molecule has 4 nitrogen and oxygen atoms in total. The first kappa shape index (κ1) is 20.3. The van der Waals surface area contributed by atoms with Gasteiger partial charge in [-0.25, -0.2) is 0 Å². The van der Waals surface area contributed by atoms with Gasteiger partial charge in [0.15, 0.2) is 11.5 Å². The third kappa shape index (κ3) is 8.04. The molecule has 0 bridgehead atoms. The first-order valence-electron chi connectivity index (χ1n) is 8.40. The number of methoxy groups -OCH3 is 1. The Hall–Kier alpha value is -0.780. The zero-order valence-electron chi connectivity index (χ0n) is 14.8. The van der Waals surface area contributed by atoms with Crippen molar-refractivity contribution in [1.29, 1.82) is 0 Å². The Bertz CT molecular complexity index is 452. The molecular formula is C18H30BrNO3. The second-order valence-electron chi connectivity index (χ2n) is 5.77. The Morgan fingerprint density at radius 2 is 1.91 bits per heavy atom. The van der Waals surface area contributed by atoms with Gasteiger partial charge in [0.2, 0.25) is 0 Å². The van der Waals surface area contributed by atoms with Crippen LogP contribution in [0.4, 0.5) is 0 Å². The second kappa shape index (κ2) is 11.7. The van der Waals surface area contributed by atoms with Crippen LogP contribution in [0, 0.1) is 0 Å². The number of unbranched alkanes of at least 4 members (excludes halogenated alkanes) is 1. The fourth-order valence-corrected chi connectivity index (χ4v) is 2.69. The van der Waals surface area contributed by atoms with Crippen molar-refractivity contribution in [2.75, 3.05) is 26.9 Å². The van der Waals surface area contributed by atoms with Gasteiger partial charge >= 0.3 is 0 Å². The number of nitrogens with one attached hydrogen (secondary N) is 1. The van der Waals surface area contributed by atoms with E-state index >= 15 is 0 Å². The molecule has 0 spiro atoms. The lowest BCUT2D eigenvalue weighted by molar-refractivity contribution is 0.129. The lowest BCUT2D eigenvalue weighted by Gasteiger charge is -2.16. The van der Waals surface area contributed by atoms with Gasteiger partial charge in [-0.2, -0.15) is 0 Å². The van der Waals surface area contributed by atoms with Crippen LogP contribution in [-0.2, 0) is 11.3 Å². The van der Waals surface area contributed by atoms with Crippen molar-refractivity contribution < 1.29 is 14.2 Å². The van der Waals surface area contributed by atoms with Gasteiger partial charge < -0.3 is 19.5 Å². The molecule has 0 amide bonds. The molecule has 23 heavy (non-hydrogen) atoms. The van der Waals surface area contributed by atoms with Crippen LogP contribution in [-0.4, -0.2) is 33.0 Å². The van der Waals surface area contributed by atoms with E-state index in [1.807, 2.05) is 19.9 Å². The van der Waals surface area contributed by atoms with Crippen LogP contribution in [0.25, 0.3) is 0 Å². The molecule has 0 saturated heterocycles. The number of halogens is 1. The zero-order valence-corrected chi connectivity index (χ0v) is 16.4. The maximum absolute atomic E-state index is 5.80. The van der Waals surface area contributed by atoms with Crippen molar-refractivity contribution in [3.8, 4) is 11.5 Å². The summed E-state index contributed by atoms with van der Waals surface area (Å²) in [6.45, 7) is 9.62. The molecule has 0 saturated carbocycles. The Morgan fingerprint density at radius 3 is 2.57 bits per heavy atom. The zero-order chi connectivity index (χ0) is 17.1. The van der Waals surface area contributed by atoms with Gasteiger partial charge in [-0.05, 0) is 66.9 Å². The summed E-state index contributed by atoms with van der Waals surface area (Å²) in [6.07, 6.45) is 3.46. The lowest BCUT2D eigenvalue weighted by atomic mass is 10.2. The number of hydrogen-bond donors (Lipinski definition) is 1. The van der Waals surface area contributed by atoms with Crippen LogP contribution >= 0.6 is 15.9 Å². The minimum absolute atomic E-state index is 0.108. The smallest absolute Gasteiger partial charge is 0.175 e.